The minimum Gasteiger partial charge on any atom is -0.325 e. The van der Waals surface area contributed by atoms with Gasteiger partial charge in [-0.05, 0) is 36.8 Å². The van der Waals surface area contributed by atoms with Crippen LogP contribution in [0.1, 0.15) is 17.2 Å². The number of hydrogen-bond acceptors (Lipinski definition) is 4. The van der Waals surface area contributed by atoms with Crippen LogP contribution in [0.3, 0.4) is 0 Å². The van der Waals surface area contributed by atoms with Crippen LogP contribution in [0.5, 0.6) is 0 Å². The first-order valence-corrected chi connectivity index (χ1v) is 9.27. The SMILES string of the molecule is Cc1ccc(C2CSC(/N=C(/NN)Nc3ccc(Br)cc3)=N2)cc1. The Balaban J connectivity index is 1.72. The topological polar surface area (TPSA) is 74.8 Å². The molecule has 2 aromatic rings. The van der Waals surface area contributed by atoms with Crippen molar-refractivity contribution in [2.24, 2.45) is 15.8 Å². The molecule has 1 aliphatic rings. The average Bonchev–Trinajstić information content (AvgIpc) is 3.05. The van der Waals surface area contributed by atoms with Gasteiger partial charge in [0.05, 0.1) is 6.04 Å². The van der Waals surface area contributed by atoms with E-state index < -0.39 is 0 Å². The molecule has 2 aromatic carbocycles. The third kappa shape index (κ3) is 4.37. The van der Waals surface area contributed by atoms with Crippen molar-refractivity contribution in [3.8, 4) is 0 Å². The predicted molar refractivity (Wildman–Crippen MR) is 106 cm³/mol. The molecule has 0 bridgehead atoms. The molecule has 5 nitrogen and oxygen atoms in total. The van der Waals surface area contributed by atoms with Crippen LogP contribution < -0.4 is 16.6 Å². The molecule has 0 saturated carbocycles. The van der Waals surface area contributed by atoms with E-state index in [1.807, 2.05) is 24.3 Å². The number of amidine groups is 1. The molecule has 3 rings (SSSR count). The molecule has 0 amide bonds. The summed E-state index contributed by atoms with van der Waals surface area (Å²) < 4.78 is 1.02. The Hall–Kier alpha value is -1.83. The van der Waals surface area contributed by atoms with E-state index >= 15 is 0 Å². The molecule has 1 unspecified atom stereocenters. The highest BCUT2D eigenvalue weighted by Crippen LogP contribution is 2.31. The number of rotatable bonds is 2. The van der Waals surface area contributed by atoms with Gasteiger partial charge >= 0.3 is 0 Å². The first-order chi connectivity index (χ1) is 11.6. The number of aryl methyl sites for hydroxylation is 1. The fraction of sp³-hybridized carbons (Fsp3) is 0.176. The Morgan fingerprint density at radius 3 is 2.58 bits per heavy atom. The fourth-order valence-electron chi connectivity index (χ4n) is 2.24. The summed E-state index contributed by atoms with van der Waals surface area (Å²) in [5.74, 6) is 6.93. The molecule has 7 heteroatoms. The van der Waals surface area contributed by atoms with Gasteiger partial charge in [-0.3, -0.25) is 10.4 Å². The summed E-state index contributed by atoms with van der Waals surface area (Å²) in [7, 11) is 0. The van der Waals surface area contributed by atoms with Crippen LogP contribution in [-0.2, 0) is 0 Å². The van der Waals surface area contributed by atoms with Gasteiger partial charge in [-0.15, -0.1) is 0 Å². The van der Waals surface area contributed by atoms with Gasteiger partial charge in [0.2, 0.25) is 5.96 Å². The van der Waals surface area contributed by atoms with Crippen molar-refractivity contribution in [2.45, 2.75) is 13.0 Å². The van der Waals surface area contributed by atoms with Gasteiger partial charge in [-0.1, -0.05) is 57.5 Å². The number of aliphatic imine (C=N–C) groups is 2. The summed E-state index contributed by atoms with van der Waals surface area (Å²) in [5.41, 5.74) is 5.94. The largest absolute Gasteiger partial charge is 0.325 e. The van der Waals surface area contributed by atoms with Crippen molar-refractivity contribution in [3.63, 3.8) is 0 Å². The Morgan fingerprint density at radius 1 is 1.21 bits per heavy atom. The fourth-order valence-corrected chi connectivity index (χ4v) is 3.44. The van der Waals surface area contributed by atoms with Crippen molar-refractivity contribution < 1.29 is 0 Å². The lowest BCUT2D eigenvalue weighted by Crippen LogP contribution is -2.36. The molecule has 1 atom stereocenters. The molecule has 1 heterocycles. The molecule has 124 valence electrons. The van der Waals surface area contributed by atoms with Crippen molar-refractivity contribution in [3.05, 3.63) is 64.1 Å². The van der Waals surface area contributed by atoms with Crippen molar-refractivity contribution >= 4 is 44.5 Å². The number of hydrazine groups is 1. The lowest BCUT2D eigenvalue weighted by Gasteiger charge is -2.08. The van der Waals surface area contributed by atoms with E-state index in [1.54, 1.807) is 11.8 Å². The second-order valence-electron chi connectivity index (χ2n) is 5.39. The standard InChI is InChI=1S/C17H18BrN5S/c1-11-2-4-12(5-3-11)15-10-24-17(21-15)22-16(23-19)20-14-8-6-13(18)7-9-14/h2-9,15H,10,19H2,1H3,(H2,20,21,22,23). The van der Waals surface area contributed by atoms with E-state index in [1.165, 1.54) is 11.1 Å². The van der Waals surface area contributed by atoms with Gasteiger partial charge in [0.1, 0.15) is 0 Å². The number of thioether (sulfide) groups is 1. The zero-order chi connectivity index (χ0) is 16.9. The predicted octanol–water partition coefficient (Wildman–Crippen LogP) is 3.83. The van der Waals surface area contributed by atoms with Gasteiger partial charge in [-0.25, -0.2) is 5.84 Å². The van der Waals surface area contributed by atoms with Gasteiger partial charge in [0.15, 0.2) is 5.17 Å². The van der Waals surface area contributed by atoms with Gasteiger partial charge in [-0.2, -0.15) is 4.99 Å². The van der Waals surface area contributed by atoms with E-state index in [0.717, 1.165) is 21.1 Å². The summed E-state index contributed by atoms with van der Waals surface area (Å²) in [6.45, 7) is 2.08. The number of nitrogens with one attached hydrogen (secondary N) is 2. The maximum absolute atomic E-state index is 5.57. The zero-order valence-corrected chi connectivity index (χ0v) is 15.6. The second kappa shape index (κ2) is 7.83. The Labute approximate surface area is 153 Å². The number of benzene rings is 2. The molecule has 0 aromatic heterocycles. The van der Waals surface area contributed by atoms with Crippen molar-refractivity contribution in [1.29, 1.82) is 0 Å². The van der Waals surface area contributed by atoms with Crippen LogP contribution >= 0.6 is 27.7 Å². The highest BCUT2D eigenvalue weighted by Gasteiger charge is 2.20. The number of nitrogens with two attached hydrogens (primary N) is 1. The summed E-state index contributed by atoms with van der Waals surface area (Å²) in [6, 6.07) is 16.4. The highest BCUT2D eigenvalue weighted by atomic mass is 79.9. The van der Waals surface area contributed by atoms with Crippen molar-refractivity contribution in [1.82, 2.24) is 5.43 Å². The summed E-state index contributed by atoms with van der Waals surface area (Å²) in [6.07, 6.45) is 0. The van der Waals surface area contributed by atoms with E-state index in [4.69, 9.17) is 5.84 Å². The quantitative estimate of drug-likeness (QED) is 0.308. The maximum atomic E-state index is 5.57. The van der Waals surface area contributed by atoms with Gasteiger partial charge in [0, 0.05) is 15.9 Å². The van der Waals surface area contributed by atoms with E-state index in [0.29, 0.717) is 5.96 Å². The summed E-state index contributed by atoms with van der Waals surface area (Å²) in [5, 5.41) is 3.86. The van der Waals surface area contributed by atoms with E-state index in [9.17, 15) is 0 Å². The first-order valence-electron chi connectivity index (χ1n) is 7.49. The molecule has 0 fully saturated rings. The molecule has 0 spiro atoms. The average molecular weight is 404 g/mol. The minimum atomic E-state index is 0.140. The third-order valence-corrected chi connectivity index (χ3v) is 5.02. The minimum absolute atomic E-state index is 0.140. The van der Waals surface area contributed by atoms with Gasteiger partial charge < -0.3 is 5.32 Å². The van der Waals surface area contributed by atoms with E-state index in [2.05, 4.69) is 67.8 Å². The van der Waals surface area contributed by atoms with Gasteiger partial charge in [0.25, 0.3) is 0 Å². The van der Waals surface area contributed by atoms with Crippen LogP contribution in [0.2, 0.25) is 0 Å². The van der Waals surface area contributed by atoms with E-state index in [-0.39, 0.29) is 6.04 Å². The molecule has 24 heavy (non-hydrogen) atoms. The van der Waals surface area contributed by atoms with Crippen molar-refractivity contribution in [2.75, 3.05) is 11.1 Å². The summed E-state index contributed by atoms with van der Waals surface area (Å²) in [4.78, 5) is 9.16. The molecule has 0 saturated heterocycles. The third-order valence-electron chi connectivity index (χ3n) is 3.55. The van der Waals surface area contributed by atoms with Crippen LogP contribution in [0.15, 0.2) is 63.0 Å². The first kappa shape index (κ1) is 17.0. The number of hydrogen-bond donors (Lipinski definition) is 3. The molecule has 0 radical (unpaired) electrons. The molecule has 1 aliphatic heterocycles. The Morgan fingerprint density at radius 2 is 1.92 bits per heavy atom. The number of anilines is 1. The number of guanidine groups is 1. The Bertz CT molecular complexity index is 756. The monoisotopic (exact) mass is 403 g/mol. The smallest absolute Gasteiger partial charge is 0.217 e. The maximum Gasteiger partial charge on any atom is 0.217 e. The van der Waals surface area contributed by atoms with Crippen LogP contribution in [0, 0.1) is 6.92 Å². The highest BCUT2D eigenvalue weighted by molar-refractivity contribution is 9.10. The Kier molecular flexibility index (Phi) is 5.55. The second-order valence-corrected chi connectivity index (χ2v) is 7.29. The normalized spacial score (nSPS) is 17.5. The molecular weight excluding hydrogens is 386 g/mol. The summed E-state index contributed by atoms with van der Waals surface area (Å²) >= 11 is 5.04. The van der Waals surface area contributed by atoms with Crippen LogP contribution in [-0.4, -0.2) is 16.9 Å². The lowest BCUT2D eigenvalue weighted by molar-refractivity contribution is 0.847. The molecular formula is C17H18BrN5S. The molecule has 4 N–H and O–H groups in total. The molecule has 0 aliphatic carbocycles. The zero-order valence-electron chi connectivity index (χ0n) is 13.2. The number of halogens is 1. The van der Waals surface area contributed by atoms with Crippen LogP contribution in [0.25, 0.3) is 0 Å². The van der Waals surface area contributed by atoms with Crippen LogP contribution in [0.4, 0.5) is 5.69 Å². The number of nitrogens with zero attached hydrogens (tertiary/aromatic N) is 2. The lowest BCUT2D eigenvalue weighted by atomic mass is 10.1.